The first-order chi connectivity index (χ1) is 7.31. The number of likely N-dealkylation sites (tertiary alicyclic amines) is 1. The fourth-order valence-corrected chi connectivity index (χ4v) is 2.12. The molecule has 1 saturated heterocycles. The van der Waals surface area contributed by atoms with Crippen molar-refractivity contribution in [1.29, 1.82) is 5.26 Å². The van der Waals surface area contributed by atoms with E-state index in [1.807, 2.05) is 24.0 Å². The van der Waals surface area contributed by atoms with Crippen LogP contribution in [0.25, 0.3) is 0 Å². The van der Waals surface area contributed by atoms with Crippen LogP contribution < -0.4 is 0 Å². The Labute approximate surface area is 90.1 Å². The average molecular weight is 204 g/mol. The van der Waals surface area contributed by atoms with E-state index in [0.717, 1.165) is 38.2 Å². The predicted octanol–water partition coefficient (Wildman–Crippen LogP) is 0.951. The van der Waals surface area contributed by atoms with E-state index in [1.54, 1.807) is 0 Å². The molecule has 0 aliphatic carbocycles. The van der Waals surface area contributed by atoms with E-state index >= 15 is 0 Å². The van der Waals surface area contributed by atoms with Crippen LogP contribution in [-0.2, 0) is 13.5 Å². The van der Waals surface area contributed by atoms with Gasteiger partial charge < -0.3 is 4.57 Å². The number of nitriles is 1. The van der Waals surface area contributed by atoms with Crippen molar-refractivity contribution in [3.05, 3.63) is 18.2 Å². The maximum Gasteiger partial charge on any atom is 0.109 e. The van der Waals surface area contributed by atoms with Gasteiger partial charge in [-0.2, -0.15) is 5.26 Å². The summed E-state index contributed by atoms with van der Waals surface area (Å²) in [4.78, 5) is 6.54. The Bertz CT molecular complexity index is 363. The molecule has 4 nitrogen and oxygen atoms in total. The molecule has 1 aromatic rings. The molecule has 1 unspecified atom stereocenters. The Kier molecular flexibility index (Phi) is 3.02. The molecule has 1 aromatic heterocycles. The maximum atomic E-state index is 8.94. The van der Waals surface area contributed by atoms with Crippen LogP contribution in [0.4, 0.5) is 0 Å². The lowest BCUT2D eigenvalue weighted by Crippen LogP contribution is -2.30. The van der Waals surface area contributed by atoms with E-state index in [9.17, 15) is 0 Å². The Morgan fingerprint density at radius 1 is 1.67 bits per heavy atom. The zero-order valence-corrected chi connectivity index (χ0v) is 9.06. The third-order valence-electron chi connectivity index (χ3n) is 3.06. The first-order valence-corrected chi connectivity index (χ1v) is 5.41. The Balaban J connectivity index is 1.89. The van der Waals surface area contributed by atoms with E-state index in [4.69, 9.17) is 5.26 Å². The summed E-state index contributed by atoms with van der Waals surface area (Å²) in [5.74, 6) is 1.10. The molecule has 15 heavy (non-hydrogen) atoms. The van der Waals surface area contributed by atoms with Crippen molar-refractivity contribution in [3.63, 3.8) is 0 Å². The lowest BCUT2D eigenvalue weighted by Gasteiger charge is -2.18. The molecule has 1 fully saturated rings. The molecule has 1 aliphatic rings. The minimum Gasteiger partial charge on any atom is -0.338 e. The lowest BCUT2D eigenvalue weighted by atomic mass is 10.2. The van der Waals surface area contributed by atoms with Gasteiger partial charge in [-0.05, 0) is 19.4 Å². The molecule has 1 aliphatic heterocycles. The Hall–Kier alpha value is -1.34. The topological polar surface area (TPSA) is 44.9 Å². The van der Waals surface area contributed by atoms with E-state index < -0.39 is 0 Å². The third kappa shape index (κ3) is 2.18. The molecule has 0 bridgehead atoms. The summed E-state index contributed by atoms with van der Waals surface area (Å²) >= 11 is 0. The van der Waals surface area contributed by atoms with Crippen molar-refractivity contribution in [2.75, 3.05) is 13.1 Å². The predicted molar refractivity (Wildman–Crippen MR) is 57.1 cm³/mol. The van der Waals surface area contributed by atoms with Crippen LogP contribution in [0.1, 0.15) is 18.7 Å². The molecule has 1 atom stereocenters. The van der Waals surface area contributed by atoms with Gasteiger partial charge in [0.25, 0.3) is 0 Å². The van der Waals surface area contributed by atoms with Gasteiger partial charge in [0.05, 0.1) is 12.1 Å². The summed E-state index contributed by atoms with van der Waals surface area (Å²) in [6.07, 6.45) is 6.89. The SMILES string of the molecule is Cn1ccnc1CCN1CCCC1C#N. The number of hydrogen-bond acceptors (Lipinski definition) is 3. The zero-order valence-electron chi connectivity index (χ0n) is 9.06. The van der Waals surface area contributed by atoms with Crippen molar-refractivity contribution in [1.82, 2.24) is 14.5 Å². The molecule has 0 aromatic carbocycles. The van der Waals surface area contributed by atoms with Gasteiger partial charge >= 0.3 is 0 Å². The monoisotopic (exact) mass is 204 g/mol. The molecule has 4 heteroatoms. The fraction of sp³-hybridized carbons (Fsp3) is 0.636. The van der Waals surface area contributed by atoms with Crippen LogP contribution in [0.15, 0.2) is 12.4 Å². The van der Waals surface area contributed by atoms with E-state index in [1.165, 1.54) is 0 Å². The van der Waals surface area contributed by atoms with Gasteiger partial charge in [0, 0.05) is 32.4 Å². The molecule has 0 amide bonds. The lowest BCUT2D eigenvalue weighted by molar-refractivity contribution is 0.296. The van der Waals surface area contributed by atoms with Crippen molar-refractivity contribution in [2.24, 2.45) is 7.05 Å². The summed E-state index contributed by atoms with van der Waals surface area (Å²) < 4.78 is 2.04. The number of nitrogens with zero attached hydrogens (tertiary/aromatic N) is 4. The van der Waals surface area contributed by atoms with Crippen molar-refractivity contribution in [3.8, 4) is 6.07 Å². The Morgan fingerprint density at radius 3 is 3.20 bits per heavy atom. The highest BCUT2D eigenvalue weighted by molar-refractivity contribution is 4.98. The third-order valence-corrected chi connectivity index (χ3v) is 3.06. The molecular formula is C11H16N4. The quantitative estimate of drug-likeness (QED) is 0.736. The van der Waals surface area contributed by atoms with Crippen LogP contribution in [-0.4, -0.2) is 33.6 Å². The van der Waals surface area contributed by atoms with Gasteiger partial charge in [-0.25, -0.2) is 4.98 Å². The summed E-state index contributed by atoms with van der Waals surface area (Å²) in [6, 6.07) is 2.49. The zero-order chi connectivity index (χ0) is 10.7. The summed E-state index contributed by atoms with van der Waals surface area (Å²) in [6.45, 7) is 2.01. The summed E-state index contributed by atoms with van der Waals surface area (Å²) in [5, 5.41) is 8.94. The highest BCUT2D eigenvalue weighted by Gasteiger charge is 2.23. The minimum atomic E-state index is 0.130. The number of imidazole rings is 1. The second kappa shape index (κ2) is 4.45. The van der Waals surface area contributed by atoms with Gasteiger partial charge in [-0.1, -0.05) is 0 Å². The molecule has 80 valence electrons. The molecule has 0 saturated carbocycles. The highest BCUT2D eigenvalue weighted by Crippen LogP contribution is 2.16. The molecule has 0 spiro atoms. The first-order valence-electron chi connectivity index (χ1n) is 5.41. The second-order valence-electron chi connectivity index (χ2n) is 4.03. The van der Waals surface area contributed by atoms with Gasteiger partial charge in [-0.3, -0.25) is 4.90 Å². The van der Waals surface area contributed by atoms with Gasteiger partial charge in [0.1, 0.15) is 5.82 Å². The minimum absolute atomic E-state index is 0.130. The van der Waals surface area contributed by atoms with Crippen LogP contribution in [0, 0.1) is 11.3 Å². The average Bonchev–Trinajstić information content (AvgIpc) is 2.83. The molecule has 2 heterocycles. The molecular weight excluding hydrogens is 188 g/mol. The van der Waals surface area contributed by atoms with Crippen LogP contribution in [0.2, 0.25) is 0 Å². The van der Waals surface area contributed by atoms with Crippen molar-refractivity contribution >= 4 is 0 Å². The molecule has 0 N–H and O–H groups in total. The van der Waals surface area contributed by atoms with Crippen molar-refractivity contribution < 1.29 is 0 Å². The largest absolute Gasteiger partial charge is 0.338 e. The van der Waals surface area contributed by atoms with E-state index in [2.05, 4.69) is 16.0 Å². The van der Waals surface area contributed by atoms with Crippen LogP contribution in [0.3, 0.4) is 0 Å². The number of hydrogen-bond donors (Lipinski definition) is 0. The van der Waals surface area contributed by atoms with E-state index in [-0.39, 0.29) is 6.04 Å². The normalized spacial score (nSPS) is 21.7. The highest BCUT2D eigenvalue weighted by atomic mass is 15.2. The van der Waals surface area contributed by atoms with Gasteiger partial charge in [-0.15, -0.1) is 0 Å². The maximum absolute atomic E-state index is 8.94. The van der Waals surface area contributed by atoms with Crippen molar-refractivity contribution in [2.45, 2.75) is 25.3 Å². The summed E-state index contributed by atoms with van der Waals surface area (Å²) in [7, 11) is 2.01. The number of aryl methyl sites for hydroxylation is 1. The van der Waals surface area contributed by atoms with Gasteiger partial charge in [0.15, 0.2) is 0 Å². The molecule has 2 rings (SSSR count). The number of rotatable bonds is 3. The molecule has 0 radical (unpaired) electrons. The second-order valence-corrected chi connectivity index (χ2v) is 4.03. The smallest absolute Gasteiger partial charge is 0.109 e. The Morgan fingerprint density at radius 2 is 2.53 bits per heavy atom. The summed E-state index contributed by atoms with van der Waals surface area (Å²) in [5.41, 5.74) is 0. The standard InChI is InChI=1S/C11H16N4/c1-14-8-5-13-11(14)4-7-15-6-2-3-10(15)9-12/h5,8,10H,2-4,6-7H2,1H3. The number of aromatic nitrogens is 2. The van der Waals surface area contributed by atoms with Crippen LogP contribution >= 0.6 is 0 Å². The fourth-order valence-electron chi connectivity index (χ4n) is 2.12. The van der Waals surface area contributed by atoms with Crippen LogP contribution in [0.5, 0.6) is 0 Å². The first kappa shape index (κ1) is 10.2. The van der Waals surface area contributed by atoms with Gasteiger partial charge in [0.2, 0.25) is 0 Å². The van der Waals surface area contributed by atoms with E-state index in [0.29, 0.717) is 0 Å².